The average Bonchev–Trinajstić information content (AvgIpc) is 3.75. The number of fused-ring (bicyclic) bond motifs is 3. The van der Waals surface area contributed by atoms with Gasteiger partial charge in [0.2, 0.25) is 5.82 Å². The van der Waals surface area contributed by atoms with E-state index in [4.69, 9.17) is 10.7 Å². The maximum atomic E-state index is 13.1. The SMILES string of the molecule is CC(=O)c1c(C2C[C@H]3CC[C@@H](C2)N3C(=O)c2nnc[nH]2)nc2c(-c3ccc(-n4cnc(C)c4)nc3)cnn2c1N. The zero-order chi connectivity index (χ0) is 27.5. The number of carbonyl (C=O) groups excluding carboxylic acids is 2. The number of aromatic amines is 1. The zero-order valence-corrected chi connectivity index (χ0v) is 22.0. The number of nitrogens with one attached hydrogen (secondary N) is 1. The molecule has 202 valence electrons. The summed E-state index contributed by atoms with van der Waals surface area (Å²) in [6.45, 7) is 3.43. The quantitative estimate of drug-likeness (QED) is 0.321. The topological polar surface area (TPSA) is 166 Å². The summed E-state index contributed by atoms with van der Waals surface area (Å²) in [5, 5.41) is 12.2. The second kappa shape index (κ2) is 9.07. The van der Waals surface area contributed by atoms with Gasteiger partial charge >= 0.3 is 0 Å². The third-order valence-electron chi connectivity index (χ3n) is 8.07. The number of piperidine rings is 1. The van der Waals surface area contributed by atoms with Gasteiger partial charge in [0.1, 0.15) is 24.3 Å². The van der Waals surface area contributed by atoms with E-state index >= 15 is 0 Å². The summed E-state index contributed by atoms with van der Waals surface area (Å²) in [4.78, 5) is 44.7. The molecule has 13 heteroatoms. The molecular formula is C27H27N11O2. The number of carbonyl (C=O) groups is 2. The fourth-order valence-electron chi connectivity index (χ4n) is 6.30. The number of nitrogen functional groups attached to an aromatic ring is 1. The molecule has 2 aliphatic rings. The Balaban J connectivity index is 1.26. The van der Waals surface area contributed by atoms with E-state index < -0.39 is 0 Å². The van der Waals surface area contributed by atoms with Crippen molar-refractivity contribution in [2.45, 2.75) is 57.5 Å². The van der Waals surface area contributed by atoms with Gasteiger partial charge in [-0.15, -0.1) is 10.2 Å². The van der Waals surface area contributed by atoms with E-state index in [0.717, 1.165) is 35.5 Å². The first-order valence-corrected chi connectivity index (χ1v) is 13.2. The van der Waals surface area contributed by atoms with Gasteiger partial charge in [-0.1, -0.05) is 0 Å². The van der Waals surface area contributed by atoms with E-state index in [-0.39, 0.29) is 41.3 Å². The molecule has 0 spiro atoms. The van der Waals surface area contributed by atoms with Gasteiger partial charge < -0.3 is 15.6 Å². The highest BCUT2D eigenvalue weighted by Gasteiger charge is 2.45. The minimum atomic E-state index is -0.159. The van der Waals surface area contributed by atoms with E-state index in [9.17, 15) is 9.59 Å². The molecule has 13 nitrogen and oxygen atoms in total. The van der Waals surface area contributed by atoms with Crippen molar-refractivity contribution in [3.05, 3.63) is 66.2 Å². The van der Waals surface area contributed by atoms with E-state index in [2.05, 4.69) is 30.2 Å². The van der Waals surface area contributed by atoms with Crippen molar-refractivity contribution < 1.29 is 9.59 Å². The van der Waals surface area contributed by atoms with Crippen molar-refractivity contribution in [2.75, 3.05) is 5.73 Å². The van der Waals surface area contributed by atoms with Crippen molar-refractivity contribution in [1.82, 2.24) is 49.2 Å². The largest absolute Gasteiger partial charge is 0.383 e. The minimum absolute atomic E-state index is 0.0216. The molecule has 0 aromatic carbocycles. The lowest BCUT2D eigenvalue weighted by Gasteiger charge is -2.38. The highest BCUT2D eigenvalue weighted by atomic mass is 16.2. The van der Waals surface area contributed by atoms with Gasteiger partial charge in [0.25, 0.3) is 5.91 Å². The standard InChI is InChI=1S/C27H27N11O2/c1-14-11-36(13-31-14)21-6-3-16(9-29-21)20-10-33-38-24(28)22(15(2)39)23(34-26(20)38)17-7-18-4-5-19(8-17)37(18)27(40)25-30-12-32-35-25/h3,6,9-13,17-19H,4-5,7-8,28H2,1-2H3,(H,30,32,35)/t17?,18-,19+. The van der Waals surface area contributed by atoms with Crippen LogP contribution < -0.4 is 5.73 Å². The molecule has 40 heavy (non-hydrogen) atoms. The van der Waals surface area contributed by atoms with Gasteiger partial charge in [-0.05, 0) is 51.7 Å². The number of H-pyrrole nitrogens is 1. The molecule has 3 N–H and O–H groups in total. The van der Waals surface area contributed by atoms with Crippen LogP contribution in [0.2, 0.25) is 0 Å². The van der Waals surface area contributed by atoms with Crippen molar-refractivity contribution in [1.29, 1.82) is 0 Å². The van der Waals surface area contributed by atoms with E-state index in [1.807, 2.05) is 34.7 Å². The van der Waals surface area contributed by atoms with Gasteiger partial charge in [-0.3, -0.25) is 14.2 Å². The summed E-state index contributed by atoms with van der Waals surface area (Å²) >= 11 is 0. The zero-order valence-electron chi connectivity index (χ0n) is 22.0. The smallest absolute Gasteiger partial charge is 0.292 e. The Hall–Kier alpha value is -4.94. The van der Waals surface area contributed by atoms with Crippen molar-refractivity contribution in [2.24, 2.45) is 0 Å². The van der Waals surface area contributed by atoms with Crippen molar-refractivity contribution in [3.63, 3.8) is 0 Å². The molecule has 0 aliphatic carbocycles. The van der Waals surface area contributed by atoms with Crippen molar-refractivity contribution >= 4 is 23.2 Å². The van der Waals surface area contributed by atoms with Crippen LogP contribution in [-0.4, -0.2) is 73.0 Å². The Bertz CT molecular complexity index is 1740. The first kappa shape index (κ1) is 24.1. The number of amides is 1. The van der Waals surface area contributed by atoms with Gasteiger partial charge in [0.15, 0.2) is 11.4 Å². The van der Waals surface area contributed by atoms with Crippen LogP contribution in [0.4, 0.5) is 5.82 Å². The Morgan fingerprint density at radius 3 is 2.52 bits per heavy atom. The fraction of sp³-hybridized carbons (Fsp3) is 0.333. The van der Waals surface area contributed by atoms with Crippen LogP contribution in [0.15, 0.2) is 43.4 Å². The van der Waals surface area contributed by atoms with Crippen LogP contribution in [0, 0.1) is 6.92 Å². The maximum absolute atomic E-state index is 13.1. The third kappa shape index (κ3) is 3.76. The third-order valence-corrected chi connectivity index (χ3v) is 8.07. The number of nitrogens with zero attached hydrogens (tertiary/aromatic N) is 9. The molecule has 3 atom stereocenters. The summed E-state index contributed by atoms with van der Waals surface area (Å²) in [5.41, 5.74) is 10.7. The molecule has 7 heterocycles. The summed E-state index contributed by atoms with van der Waals surface area (Å²) in [6.07, 6.45) is 11.7. The monoisotopic (exact) mass is 537 g/mol. The van der Waals surface area contributed by atoms with Crippen LogP contribution in [-0.2, 0) is 0 Å². The number of hydrogen-bond donors (Lipinski definition) is 2. The molecule has 0 radical (unpaired) electrons. The number of anilines is 1. The first-order valence-electron chi connectivity index (χ1n) is 13.2. The molecule has 1 amide bonds. The van der Waals surface area contributed by atoms with Gasteiger partial charge in [0.05, 0.1) is 23.1 Å². The van der Waals surface area contributed by atoms with Gasteiger partial charge in [-0.25, -0.2) is 15.0 Å². The molecular weight excluding hydrogens is 510 g/mol. The Morgan fingerprint density at radius 2 is 1.90 bits per heavy atom. The Kier molecular flexibility index (Phi) is 5.47. The lowest BCUT2D eigenvalue weighted by atomic mass is 9.85. The number of imidazole rings is 1. The van der Waals surface area contributed by atoms with E-state index in [1.165, 1.54) is 17.8 Å². The fourth-order valence-corrected chi connectivity index (χ4v) is 6.30. The minimum Gasteiger partial charge on any atom is -0.383 e. The highest BCUT2D eigenvalue weighted by molar-refractivity contribution is 6.00. The molecule has 1 unspecified atom stereocenters. The molecule has 0 saturated carbocycles. The molecule has 2 saturated heterocycles. The predicted molar refractivity (Wildman–Crippen MR) is 144 cm³/mol. The summed E-state index contributed by atoms with van der Waals surface area (Å²) < 4.78 is 3.39. The maximum Gasteiger partial charge on any atom is 0.292 e. The number of nitrogens with two attached hydrogens (primary N) is 1. The molecule has 5 aromatic rings. The first-order chi connectivity index (χ1) is 19.4. The highest BCUT2D eigenvalue weighted by Crippen LogP contribution is 2.45. The average molecular weight is 538 g/mol. The van der Waals surface area contributed by atoms with Crippen LogP contribution in [0.5, 0.6) is 0 Å². The van der Waals surface area contributed by atoms with Crippen LogP contribution >= 0.6 is 0 Å². The number of ketones is 1. The molecule has 2 bridgehead atoms. The van der Waals surface area contributed by atoms with Gasteiger partial charge in [-0.2, -0.15) is 9.61 Å². The second-order valence-electron chi connectivity index (χ2n) is 10.5. The number of pyridine rings is 1. The second-order valence-corrected chi connectivity index (χ2v) is 10.5. The molecule has 2 aliphatic heterocycles. The van der Waals surface area contributed by atoms with Crippen LogP contribution in [0.3, 0.4) is 0 Å². The number of Topliss-reactive ketones (excluding diaryl/α,β-unsaturated/α-hetero) is 1. The number of rotatable bonds is 5. The van der Waals surface area contributed by atoms with Crippen LogP contribution in [0.1, 0.15) is 70.9 Å². The lowest BCUT2D eigenvalue weighted by Crippen LogP contribution is -2.46. The molecule has 7 rings (SSSR count). The number of aromatic nitrogens is 9. The van der Waals surface area contributed by atoms with E-state index in [1.54, 1.807) is 18.7 Å². The summed E-state index contributed by atoms with van der Waals surface area (Å²) in [6, 6.07) is 3.91. The number of hydrogen-bond acceptors (Lipinski definition) is 9. The van der Waals surface area contributed by atoms with E-state index in [0.29, 0.717) is 29.7 Å². The summed E-state index contributed by atoms with van der Waals surface area (Å²) in [7, 11) is 0. The van der Waals surface area contributed by atoms with Crippen LogP contribution in [0.25, 0.3) is 22.6 Å². The Labute approximate surface area is 228 Å². The molecule has 2 fully saturated rings. The van der Waals surface area contributed by atoms with Gasteiger partial charge in [0, 0.05) is 41.5 Å². The normalized spacial score (nSPS) is 20.4. The number of aryl methyl sites for hydroxylation is 1. The Morgan fingerprint density at radius 1 is 1.10 bits per heavy atom. The lowest BCUT2D eigenvalue weighted by molar-refractivity contribution is 0.0556. The predicted octanol–water partition coefficient (Wildman–Crippen LogP) is 2.74. The summed E-state index contributed by atoms with van der Waals surface area (Å²) in [5.74, 6) is 0.927. The molecule has 5 aromatic heterocycles. The van der Waals surface area contributed by atoms with Crippen molar-refractivity contribution in [3.8, 4) is 16.9 Å².